The molecule has 0 aliphatic carbocycles. The second-order valence-corrected chi connectivity index (χ2v) is 12.1. The number of hydrogen-bond donors (Lipinski definition) is 0. The summed E-state index contributed by atoms with van der Waals surface area (Å²) >= 11 is 0. The van der Waals surface area contributed by atoms with Gasteiger partial charge < -0.3 is 0 Å². The van der Waals surface area contributed by atoms with E-state index in [-0.39, 0.29) is 0 Å². The van der Waals surface area contributed by atoms with Gasteiger partial charge in [-0.3, -0.25) is 0 Å². The van der Waals surface area contributed by atoms with E-state index in [1.54, 1.807) is 0 Å². The van der Waals surface area contributed by atoms with E-state index in [1.165, 1.54) is 0 Å². The fourth-order valence-electron chi connectivity index (χ4n) is 2.80. The van der Waals surface area contributed by atoms with Crippen LogP contribution < -0.4 is 0 Å². The van der Waals surface area contributed by atoms with Crippen LogP contribution in [0.3, 0.4) is 0 Å². The van der Waals surface area contributed by atoms with E-state index < -0.39 is 7.26 Å². The number of hydrogen-bond acceptors (Lipinski definition) is 0. The van der Waals surface area contributed by atoms with Crippen molar-refractivity contribution >= 4 is 7.26 Å². The average molecular weight is 245 g/mol. The first-order chi connectivity index (χ1) is 6.98. The molecule has 0 fully saturated rings. The first kappa shape index (κ1) is 16.4. The van der Waals surface area contributed by atoms with Crippen LogP contribution in [0.25, 0.3) is 0 Å². The molecule has 0 N–H and O–H groups in total. The number of rotatable bonds is 5. The van der Waals surface area contributed by atoms with Crippen LogP contribution in [0.1, 0.15) is 55.4 Å². The molecule has 0 spiro atoms. The summed E-state index contributed by atoms with van der Waals surface area (Å²) in [7, 11) is -0.835. The Balaban J connectivity index is 5.26. The summed E-state index contributed by atoms with van der Waals surface area (Å²) in [6, 6.07) is 0. The smallest absolute Gasteiger partial charge is 0.0621 e. The molecule has 0 saturated carbocycles. The summed E-state index contributed by atoms with van der Waals surface area (Å²) in [4.78, 5) is 0. The van der Waals surface area contributed by atoms with E-state index in [1.807, 2.05) is 0 Å². The zero-order chi connectivity index (χ0) is 13.3. The highest BCUT2D eigenvalue weighted by molar-refractivity contribution is 7.75. The third kappa shape index (κ3) is 2.81. The van der Waals surface area contributed by atoms with Crippen molar-refractivity contribution in [3.8, 4) is 0 Å². The fraction of sp³-hybridized carbons (Fsp3) is 1.00. The van der Waals surface area contributed by atoms with Gasteiger partial charge in [0.15, 0.2) is 0 Å². The molecule has 0 bridgehead atoms. The van der Waals surface area contributed by atoms with E-state index >= 15 is 0 Å². The van der Waals surface area contributed by atoms with Gasteiger partial charge in [-0.15, -0.1) is 0 Å². The summed E-state index contributed by atoms with van der Waals surface area (Å²) in [6.45, 7) is 24.5. The van der Waals surface area contributed by atoms with Crippen LogP contribution in [-0.4, -0.2) is 24.6 Å². The van der Waals surface area contributed by atoms with Crippen LogP contribution in [0.15, 0.2) is 0 Å². The van der Waals surface area contributed by atoms with Crippen LogP contribution in [0.4, 0.5) is 0 Å². The van der Waals surface area contributed by atoms with Crippen molar-refractivity contribution in [1.82, 2.24) is 0 Å². The molecule has 0 amide bonds. The average Bonchev–Trinajstić information content (AvgIpc) is 2.14. The maximum atomic E-state index is 2.55. The van der Waals surface area contributed by atoms with E-state index in [9.17, 15) is 0 Å². The van der Waals surface area contributed by atoms with E-state index in [0.29, 0.717) is 5.41 Å². The predicted octanol–water partition coefficient (Wildman–Crippen LogP) is 5.38. The standard InChI is InChI=1S/C15H34P/c1-11(2)15(8,12(3)4)14(7)16(9,10)13(5)6/h11-14H,1-10H3/q+1. The highest BCUT2D eigenvalue weighted by Gasteiger charge is 2.50. The summed E-state index contributed by atoms with van der Waals surface area (Å²) in [5, 5.41) is 0. The highest BCUT2D eigenvalue weighted by atomic mass is 31.2. The lowest BCUT2D eigenvalue weighted by Gasteiger charge is -2.47. The lowest BCUT2D eigenvalue weighted by molar-refractivity contribution is 0.135. The third-order valence-electron chi connectivity index (χ3n) is 5.72. The molecule has 0 nitrogen and oxygen atoms in total. The maximum Gasteiger partial charge on any atom is 0.0725 e. The Morgan fingerprint density at radius 1 is 0.750 bits per heavy atom. The fourth-order valence-corrected chi connectivity index (χ4v) is 5.72. The Hall–Kier alpha value is 0.430. The highest BCUT2D eigenvalue weighted by Crippen LogP contribution is 2.67. The Kier molecular flexibility index (Phi) is 5.53. The topological polar surface area (TPSA) is 0 Å². The quantitative estimate of drug-likeness (QED) is 0.570. The van der Waals surface area contributed by atoms with Crippen molar-refractivity contribution in [2.45, 2.75) is 66.7 Å². The van der Waals surface area contributed by atoms with Crippen molar-refractivity contribution in [1.29, 1.82) is 0 Å². The van der Waals surface area contributed by atoms with Gasteiger partial charge in [0, 0.05) is 26.0 Å². The van der Waals surface area contributed by atoms with Gasteiger partial charge in [-0.2, -0.15) is 0 Å². The molecule has 16 heavy (non-hydrogen) atoms. The zero-order valence-electron chi connectivity index (χ0n) is 13.3. The Morgan fingerprint density at radius 3 is 1.25 bits per heavy atom. The molecular formula is C15H34P+. The summed E-state index contributed by atoms with van der Waals surface area (Å²) in [5.41, 5.74) is 2.17. The van der Waals surface area contributed by atoms with Crippen LogP contribution in [-0.2, 0) is 0 Å². The summed E-state index contributed by atoms with van der Waals surface area (Å²) in [5.74, 6) is 1.53. The van der Waals surface area contributed by atoms with Gasteiger partial charge in [-0.05, 0) is 32.6 Å². The minimum Gasteiger partial charge on any atom is -0.0621 e. The first-order valence-corrected chi connectivity index (χ1v) is 9.64. The molecular weight excluding hydrogens is 211 g/mol. The SMILES string of the molecule is CC(C)C(C)(C(C)C)C(C)[P+](C)(C)C(C)C. The molecule has 0 aromatic carbocycles. The van der Waals surface area contributed by atoms with Crippen LogP contribution in [0, 0.1) is 17.3 Å². The first-order valence-electron chi connectivity index (χ1n) is 6.82. The van der Waals surface area contributed by atoms with Crippen molar-refractivity contribution in [2.24, 2.45) is 17.3 Å². The van der Waals surface area contributed by atoms with E-state index in [2.05, 4.69) is 68.7 Å². The Morgan fingerprint density at radius 2 is 1.06 bits per heavy atom. The molecule has 0 aromatic rings. The van der Waals surface area contributed by atoms with Gasteiger partial charge in [-0.1, -0.05) is 34.6 Å². The molecule has 0 aliphatic heterocycles. The van der Waals surface area contributed by atoms with Gasteiger partial charge in [0.1, 0.15) is 0 Å². The summed E-state index contributed by atoms with van der Waals surface area (Å²) in [6.07, 6.45) is 0. The molecule has 0 rings (SSSR count). The second-order valence-electron chi connectivity index (χ2n) is 7.07. The van der Waals surface area contributed by atoms with E-state index in [4.69, 9.17) is 0 Å². The molecule has 0 saturated heterocycles. The lowest BCUT2D eigenvalue weighted by atomic mass is 9.68. The van der Waals surface area contributed by atoms with Gasteiger partial charge in [0.05, 0.1) is 11.3 Å². The Bertz CT molecular complexity index is 205. The van der Waals surface area contributed by atoms with Crippen LogP contribution in [0.5, 0.6) is 0 Å². The molecule has 1 unspecified atom stereocenters. The summed E-state index contributed by atoms with van der Waals surface area (Å²) < 4.78 is 0. The normalized spacial score (nSPS) is 16.3. The van der Waals surface area contributed by atoms with Crippen molar-refractivity contribution < 1.29 is 0 Å². The van der Waals surface area contributed by atoms with Crippen molar-refractivity contribution in [2.75, 3.05) is 13.3 Å². The molecule has 0 heterocycles. The van der Waals surface area contributed by atoms with Crippen molar-refractivity contribution in [3.05, 3.63) is 0 Å². The largest absolute Gasteiger partial charge is 0.0725 e. The van der Waals surface area contributed by atoms with Crippen LogP contribution in [0.2, 0.25) is 0 Å². The molecule has 1 atom stereocenters. The van der Waals surface area contributed by atoms with Crippen LogP contribution >= 0.6 is 7.26 Å². The van der Waals surface area contributed by atoms with Gasteiger partial charge in [0.2, 0.25) is 0 Å². The van der Waals surface area contributed by atoms with Crippen molar-refractivity contribution in [3.63, 3.8) is 0 Å². The van der Waals surface area contributed by atoms with E-state index in [0.717, 1.165) is 23.2 Å². The molecule has 0 radical (unpaired) electrons. The van der Waals surface area contributed by atoms with Gasteiger partial charge in [-0.25, -0.2) is 0 Å². The van der Waals surface area contributed by atoms with Gasteiger partial charge >= 0.3 is 0 Å². The Labute approximate surface area is 105 Å². The molecule has 1 heteroatoms. The lowest BCUT2D eigenvalue weighted by Crippen LogP contribution is -2.42. The molecule has 0 aliphatic rings. The predicted molar refractivity (Wildman–Crippen MR) is 81.1 cm³/mol. The monoisotopic (exact) mass is 245 g/mol. The second kappa shape index (κ2) is 5.38. The third-order valence-corrected chi connectivity index (χ3v) is 10.9. The molecule has 98 valence electrons. The minimum absolute atomic E-state index is 0.474. The molecule has 0 aromatic heterocycles. The van der Waals surface area contributed by atoms with Gasteiger partial charge in [0.25, 0.3) is 0 Å². The maximum absolute atomic E-state index is 2.55. The minimum atomic E-state index is -0.835. The zero-order valence-corrected chi connectivity index (χ0v) is 14.2.